The molecule has 1 aliphatic carbocycles. The SMILES string of the molecule is CN(CCC#N)C(=O)C1(c2ccc(Br)cc2)CCC1. The molecule has 1 amide bonds. The van der Waals surface area contributed by atoms with Gasteiger partial charge in [-0.2, -0.15) is 5.26 Å². The van der Waals surface area contributed by atoms with Crippen LogP contribution in [0.4, 0.5) is 0 Å². The fourth-order valence-electron chi connectivity index (χ4n) is 2.61. The van der Waals surface area contributed by atoms with Crippen LogP contribution in [-0.2, 0) is 10.2 Å². The van der Waals surface area contributed by atoms with Crippen LogP contribution in [0.3, 0.4) is 0 Å². The lowest BCUT2D eigenvalue weighted by atomic mass is 9.63. The zero-order valence-electron chi connectivity index (χ0n) is 11.0. The number of halogens is 1. The summed E-state index contributed by atoms with van der Waals surface area (Å²) in [5.74, 6) is 0.149. The van der Waals surface area contributed by atoms with E-state index in [9.17, 15) is 4.79 Å². The first-order chi connectivity index (χ1) is 9.10. The van der Waals surface area contributed by atoms with Crippen molar-refractivity contribution in [2.75, 3.05) is 13.6 Å². The molecule has 0 atom stereocenters. The molecule has 0 aromatic heterocycles. The van der Waals surface area contributed by atoms with Gasteiger partial charge < -0.3 is 4.90 Å². The molecule has 3 nitrogen and oxygen atoms in total. The fraction of sp³-hybridized carbons (Fsp3) is 0.467. The standard InChI is InChI=1S/C15H17BrN2O/c1-18(11-3-10-17)14(19)15(8-2-9-15)12-4-6-13(16)7-5-12/h4-7H,2-3,8-9,11H2,1H3. The maximum absolute atomic E-state index is 12.6. The number of rotatable bonds is 4. The molecule has 1 fully saturated rings. The molecule has 1 aliphatic rings. The van der Waals surface area contributed by atoms with Crippen molar-refractivity contribution in [1.82, 2.24) is 4.90 Å². The van der Waals surface area contributed by atoms with Gasteiger partial charge in [0.2, 0.25) is 5.91 Å². The van der Waals surface area contributed by atoms with Crippen LogP contribution < -0.4 is 0 Å². The Labute approximate surface area is 122 Å². The Bertz CT molecular complexity index is 500. The first kappa shape index (κ1) is 14.1. The molecule has 1 saturated carbocycles. The van der Waals surface area contributed by atoms with Crippen LogP contribution in [0, 0.1) is 11.3 Å². The average Bonchev–Trinajstić information content (AvgIpc) is 2.36. The Morgan fingerprint density at radius 3 is 2.53 bits per heavy atom. The van der Waals surface area contributed by atoms with E-state index in [1.165, 1.54) is 0 Å². The van der Waals surface area contributed by atoms with E-state index in [2.05, 4.69) is 22.0 Å². The molecule has 0 aliphatic heterocycles. The van der Waals surface area contributed by atoms with E-state index in [1.54, 1.807) is 11.9 Å². The van der Waals surface area contributed by atoms with Gasteiger partial charge in [-0.15, -0.1) is 0 Å². The van der Waals surface area contributed by atoms with Gasteiger partial charge in [-0.3, -0.25) is 4.79 Å². The number of amides is 1. The minimum atomic E-state index is -0.356. The van der Waals surface area contributed by atoms with Gasteiger partial charge in [0.05, 0.1) is 17.9 Å². The second-order valence-corrected chi connectivity index (χ2v) is 5.99. The van der Waals surface area contributed by atoms with Gasteiger partial charge >= 0.3 is 0 Å². The van der Waals surface area contributed by atoms with E-state index < -0.39 is 0 Å². The molecule has 4 heteroatoms. The summed E-state index contributed by atoms with van der Waals surface area (Å²) in [5, 5.41) is 8.63. The van der Waals surface area contributed by atoms with E-state index in [4.69, 9.17) is 5.26 Å². The third-order valence-electron chi connectivity index (χ3n) is 3.92. The van der Waals surface area contributed by atoms with Crippen LogP contribution in [0.5, 0.6) is 0 Å². The minimum Gasteiger partial charge on any atom is -0.344 e. The van der Waals surface area contributed by atoms with Gasteiger partial charge in [0.1, 0.15) is 0 Å². The first-order valence-electron chi connectivity index (χ1n) is 6.49. The highest BCUT2D eigenvalue weighted by atomic mass is 79.9. The molecule has 1 aromatic rings. The number of likely N-dealkylation sites (N-methyl/N-ethyl adjacent to an activating group) is 1. The highest BCUT2D eigenvalue weighted by molar-refractivity contribution is 9.10. The van der Waals surface area contributed by atoms with Crippen molar-refractivity contribution in [3.05, 3.63) is 34.3 Å². The monoisotopic (exact) mass is 320 g/mol. The molecular formula is C15H17BrN2O. The number of hydrogen-bond donors (Lipinski definition) is 0. The van der Waals surface area contributed by atoms with E-state index in [1.807, 2.05) is 24.3 Å². The summed E-state index contributed by atoms with van der Waals surface area (Å²) in [6, 6.07) is 10.1. The predicted molar refractivity (Wildman–Crippen MR) is 77.5 cm³/mol. The van der Waals surface area contributed by atoms with Crippen molar-refractivity contribution in [3.8, 4) is 6.07 Å². The van der Waals surface area contributed by atoms with Gasteiger partial charge in [-0.1, -0.05) is 34.5 Å². The summed E-state index contributed by atoms with van der Waals surface area (Å²) < 4.78 is 1.02. The lowest BCUT2D eigenvalue weighted by molar-refractivity contribution is -0.139. The minimum absolute atomic E-state index is 0.149. The largest absolute Gasteiger partial charge is 0.344 e. The van der Waals surface area contributed by atoms with E-state index >= 15 is 0 Å². The number of carbonyl (C=O) groups is 1. The Morgan fingerprint density at radius 2 is 2.05 bits per heavy atom. The lowest BCUT2D eigenvalue weighted by Gasteiger charge is -2.43. The van der Waals surface area contributed by atoms with Crippen LogP contribution in [0.2, 0.25) is 0 Å². The Balaban J connectivity index is 2.21. The molecule has 19 heavy (non-hydrogen) atoms. The fourth-order valence-corrected chi connectivity index (χ4v) is 2.87. The summed E-state index contributed by atoms with van der Waals surface area (Å²) in [4.78, 5) is 14.3. The normalized spacial score (nSPS) is 16.3. The number of nitrogens with zero attached hydrogens (tertiary/aromatic N) is 2. The second-order valence-electron chi connectivity index (χ2n) is 5.08. The molecule has 0 N–H and O–H groups in total. The summed E-state index contributed by atoms with van der Waals surface area (Å²) >= 11 is 3.42. The topological polar surface area (TPSA) is 44.1 Å². The molecule has 0 spiro atoms. The summed E-state index contributed by atoms with van der Waals surface area (Å²) in [6.07, 6.45) is 3.29. The van der Waals surface area contributed by atoms with Crippen molar-refractivity contribution in [2.45, 2.75) is 31.1 Å². The van der Waals surface area contributed by atoms with Crippen LogP contribution in [0.1, 0.15) is 31.2 Å². The molecule has 0 radical (unpaired) electrons. The highest BCUT2D eigenvalue weighted by Gasteiger charge is 2.46. The zero-order valence-corrected chi connectivity index (χ0v) is 12.6. The molecule has 100 valence electrons. The highest BCUT2D eigenvalue weighted by Crippen LogP contribution is 2.45. The molecule has 2 rings (SSSR count). The van der Waals surface area contributed by atoms with Crippen molar-refractivity contribution < 1.29 is 4.79 Å². The Hall–Kier alpha value is -1.34. The van der Waals surface area contributed by atoms with Gasteiger partial charge in [0, 0.05) is 18.1 Å². The third-order valence-corrected chi connectivity index (χ3v) is 4.45. The molecule has 0 bridgehead atoms. The molecular weight excluding hydrogens is 304 g/mol. The number of benzene rings is 1. The van der Waals surface area contributed by atoms with Gasteiger partial charge in [-0.05, 0) is 30.5 Å². The van der Waals surface area contributed by atoms with Gasteiger partial charge in [-0.25, -0.2) is 0 Å². The molecule has 1 aromatic carbocycles. The van der Waals surface area contributed by atoms with Crippen molar-refractivity contribution in [3.63, 3.8) is 0 Å². The zero-order chi connectivity index (χ0) is 13.9. The Kier molecular flexibility index (Phi) is 4.26. The molecule has 0 heterocycles. The summed E-state index contributed by atoms with van der Waals surface area (Å²) in [7, 11) is 1.79. The Morgan fingerprint density at radius 1 is 1.42 bits per heavy atom. The van der Waals surface area contributed by atoms with Crippen LogP contribution in [0.15, 0.2) is 28.7 Å². The van der Waals surface area contributed by atoms with Crippen LogP contribution in [-0.4, -0.2) is 24.4 Å². The number of hydrogen-bond acceptors (Lipinski definition) is 2. The van der Waals surface area contributed by atoms with E-state index in [-0.39, 0.29) is 11.3 Å². The summed E-state index contributed by atoms with van der Waals surface area (Å²) in [6.45, 7) is 0.508. The smallest absolute Gasteiger partial charge is 0.232 e. The van der Waals surface area contributed by atoms with Crippen LogP contribution in [0.25, 0.3) is 0 Å². The first-order valence-corrected chi connectivity index (χ1v) is 7.28. The predicted octanol–water partition coefficient (Wildman–Crippen LogP) is 3.24. The van der Waals surface area contributed by atoms with Crippen molar-refractivity contribution >= 4 is 21.8 Å². The number of carbonyl (C=O) groups excluding carboxylic acids is 1. The quantitative estimate of drug-likeness (QED) is 0.854. The molecule has 0 saturated heterocycles. The van der Waals surface area contributed by atoms with Crippen LogP contribution >= 0.6 is 15.9 Å². The molecule has 0 unspecified atom stereocenters. The van der Waals surface area contributed by atoms with Crippen molar-refractivity contribution in [1.29, 1.82) is 5.26 Å². The third kappa shape index (κ3) is 2.66. The number of nitriles is 1. The maximum Gasteiger partial charge on any atom is 0.232 e. The maximum atomic E-state index is 12.6. The van der Waals surface area contributed by atoms with Crippen molar-refractivity contribution in [2.24, 2.45) is 0 Å². The average molecular weight is 321 g/mol. The second kappa shape index (κ2) is 5.75. The van der Waals surface area contributed by atoms with E-state index in [0.717, 1.165) is 29.3 Å². The summed E-state index contributed by atoms with van der Waals surface area (Å²) in [5.41, 5.74) is 0.737. The lowest BCUT2D eigenvalue weighted by Crippen LogP contribution is -2.50. The van der Waals surface area contributed by atoms with Gasteiger partial charge in [0.15, 0.2) is 0 Å². The van der Waals surface area contributed by atoms with E-state index in [0.29, 0.717) is 13.0 Å². The van der Waals surface area contributed by atoms with Gasteiger partial charge in [0.25, 0.3) is 0 Å².